The second-order valence-electron chi connectivity index (χ2n) is 6.36. The van der Waals surface area contributed by atoms with Crippen LogP contribution < -0.4 is 5.32 Å². The van der Waals surface area contributed by atoms with Gasteiger partial charge in [-0.15, -0.1) is 0 Å². The van der Waals surface area contributed by atoms with E-state index in [4.69, 9.17) is 0 Å². The molecule has 1 aliphatic carbocycles. The fourth-order valence-corrected chi connectivity index (χ4v) is 3.55. The summed E-state index contributed by atoms with van der Waals surface area (Å²) in [4.78, 5) is 2.46. The van der Waals surface area contributed by atoms with Crippen LogP contribution in [0.1, 0.15) is 30.4 Å². The number of benzene rings is 1. The van der Waals surface area contributed by atoms with Gasteiger partial charge in [-0.1, -0.05) is 24.3 Å². The molecule has 104 valence electrons. The van der Waals surface area contributed by atoms with E-state index in [1.54, 1.807) is 11.1 Å². The van der Waals surface area contributed by atoms with Gasteiger partial charge in [-0.25, -0.2) is 0 Å². The van der Waals surface area contributed by atoms with Crippen molar-refractivity contribution in [1.29, 1.82) is 0 Å². The molecule has 0 aromatic heterocycles. The first-order valence-corrected chi connectivity index (χ1v) is 7.80. The van der Waals surface area contributed by atoms with Gasteiger partial charge in [0.1, 0.15) is 0 Å². The van der Waals surface area contributed by atoms with E-state index in [0.717, 1.165) is 5.92 Å². The number of rotatable bonds is 4. The highest BCUT2D eigenvalue weighted by molar-refractivity contribution is 5.33. The average Bonchev–Trinajstić information content (AvgIpc) is 2.83. The molecule has 2 heteroatoms. The summed E-state index contributed by atoms with van der Waals surface area (Å²) in [5.74, 6) is 0.951. The van der Waals surface area contributed by atoms with Crippen molar-refractivity contribution in [3.05, 3.63) is 35.4 Å². The first-order valence-electron chi connectivity index (χ1n) is 7.80. The number of nitrogens with zero attached hydrogens (tertiary/aromatic N) is 1. The van der Waals surface area contributed by atoms with Crippen LogP contribution in [0.5, 0.6) is 0 Å². The Labute approximate surface area is 117 Å². The predicted molar refractivity (Wildman–Crippen MR) is 80.5 cm³/mol. The Morgan fingerprint density at radius 2 is 1.74 bits per heavy atom. The van der Waals surface area contributed by atoms with Crippen molar-refractivity contribution in [2.45, 2.75) is 38.1 Å². The second kappa shape index (κ2) is 6.06. The van der Waals surface area contributed by atoms with Gasteiger partial charge in [-0.2, -0.15) is 0 Å². The molecule has 1 N–H and O–H groups in total. The quantitative estimate of drug-likeness (QED) is 0.892. The Kier molecular flexibility index (Phi) is 4.19. The molecule has 2 aliphatic rings. The number of likely N-dealkylation sites (tertiary alicyclic amines) is 1. The van der Waals surface area contributed by atoms with Crippen LogP contribution in [0.25, 0.3) is 0 Å². The molecule has 1 aromatic carbocycles. The highest BCUT2D eigenvalue weighted by atomic mass is 15.1. The maximum Gasteiger partial charge on any atom is 0.0148 e. The van der Waals surface area contributed by atoms with E-state index in [1.165, 1.54) is 51.7 Å². The molecule has 1 aliphatic heterocycles. The van der Waals surface area contributed by atoms with Crippen LogP contribution in [-0.4, -0.2) is 37.6 Å². The zero-order valence-corrected chi connectivity index (χ0v) is 12.1. The van der Waals surface area contributed by atoms with Gasteiger partial charge in [0.2, 0.25) is 0 Å². The zero-order valence-electron chi connectivity index (χ0n) is 12.1. The van der Waals surface area contributed by atoms with Crippen molar-refractivity contribution in [3.63, 3.8) is 0 Å². The molecule has 0 bridgehead atoms. The van der Waals surface area contributed by atoms with E-state index in [2.05, 4.69) is 41.5 Å². The van der Waals surface area contributed by atoms with Crippen LogP contribution in [0, 0.1) is 5.92 Å². The van der Waals surface area contributed by atoms with E-state index in [-0.39, 0.29) is 0 Å². The van der Waals surface area contributed by atoms with E-state index in [0.29, 0.717) is 6.04 Å². The molecule has 1 heterocycles. The van der Waals surface area contributed by atoms with Crippen molar-refractivity contribution in [2.24, 2.45) is 5.92 Å². The molecule has 0 atom stereocenters. The van der Waals surface area contributed by atoms with Crippen LogP contribution in [-0.2, 0) is 12.8 Å². The normalized spacial score (nSPS) is 21.7. The van der Waals surface area contributed by atoms with E-state index < -0.39 is 0 Å². The van der Waals surface area contributed by atoms with Gasteiger partial charge in [-0.3, -0.25) is 0 Å². The number of fused-ring (bicyclic) bond motifs is 1. The lowest BCUT2D eigenvalue weighted by atomic mass is 9.94. The summed E-state index contributed by atoms with van der Waals surface area (Å²) >= 11 is 0. The van der Waals surface area contributed by atoms with Gasteiger partial charge in [0.25, 0.3) is 0 Å². The molecule has 19 heavy (non-hydrogen) atoms. The van der Waals surface area contributed by atoms with E-state index >= 15 is 0 Å². The highest BCUT2D eigenvalue weighted by Crippen LogP contribution is 2.22. The third-order valence-electron chi connectivity index (χ3n) is 4.87. The molecule has 0 amide bonds. The van der Waals surface area contributed by atoms with Crippen molar-refractivity contribution < 1.29 is 0 Å². The van der Waals surface area contributed by atoms with Crippen LogP contribution in [0.2, 0.25) is 0 Å². The Morgan fingerprint density at radius 1 is 1.11 bits per heavy atom. The molecule has 2 nitrogen and oxygen atoms in total. The first-order chi connectivity index (χ1) is 9.31. The third-order valence-corrected chi connectivity index (χ3v) is 4.87. The SMILES string of the molecule is CN1CCC(CCNC2Cc3ccccc3C2)CC1. The topological polar surface area (TPSA) is 15.3 Å². The maximum atomic E-state index is 3.77. The third kappa shape index (κ3) is 3.37. The van der Waals surface area contributed by atoms with Crippen LogP contribution in [0.15, 0.2) is 24.3 Å². The lowest BCUT2D eigenvalue weighted by molar-refractivity contribution is 0.210. The van der Waals surface area contributed by atoms with Crippen LogP contribution in [0.3, 0.4) is 0 Å². The van der Waals surface area contributed by atoms with Gasteiger partial charge in [0.15, 0.2) is 0 Å². The van der Waals surface area contributed by atoms with Crippen molar-refractivity contribution in [2.75, 3.05) is 26.7 Å². The van der Waals surface area contributed by atoms with Gasteiger partial charge < -0.3 is 10.2 Å². The Hall–Kier alpha value is -0.860. The Bertz CT molecular complexity index is 382. The lowest BCUT2D eigenvalue weighted by Crippen LogP contribution is -2.34. The van der Waals surface area contributed by atoms with Crippen molar-refractivity contribution in [3.8, 4) is 0 Å². The van der Waals surface area contributed by atoms with Crippen molar-refractivity contribution in [1.82, 2.24) is 10.2 Å². The van der Waals surface area contributed by atoms with Crippen LogP contribution >= 0.6 is 0 Å². The minimum absolute atomic E-state index is 0.684. The Morgan fingerprint density at radius 3 is 2.37 bits per heavy atom. The predicted octanol–water partition coefficient (Wildman–Crippen LogP) is 2.48. The smallest absolute Gasteiger partial charge is 0.0148 e. The molecule has 1 fully saturated rings. The van der Waals surface area contributed by atoms with Gasteiger partial charge in [-0.05, 0) is 75.8 Å². The number of nitrogens with one attached hydrogen (secondary N) is 1. The summed E-state index contributed by atoms with van der Waals surface area (Å²) in [6.07, 6.45) is 6.60. The summed E-state index contributed by atoms with van der Waals surface area (Å²) in [6.45, 7) is 3.78. The summed E-state index contributed by atoms with van der Waals surface area (Å²) in [5.41, 5.74) is 3.11. The average molecular weight is 258 g/mol. The lowest BCUT2D eigenvalue weighted by Gasteiger charge is -2.29. The molecule has 0 saturated carbocycles. The summed E-state index contributed by atoms with van der Waals surface area (Å²) < 4.78 is 0. The number of hydrogen-bond acceptors (Lipinski definition) is 2. The summed E-state index contributed by atoms with van der Waals surface area (Å²) in [7, 11) is 2.24. The molecule has 1 aromatic rings. The molecular formula is C17H26N2. The standard InChI is InChI=1S/C17H26N2/c1-19-10-7-14(8-11-19)6-9-18-17-12-15-4-2-3-5-16(15)13-17/h2-5,14,17-18H,6-13H2,1H3. The molecule has 0 radical (unpaired) electrons. The Balaban J connectivity index is 1.38. The molecule has 1 saturated heterocycles. The summed E-state index contributed by atoms with van der Waals surface area (Å²) in [6, 6.07) is 9.59. The maximum absolute atomic E-state index is 3.77. The fraction of sp³-hybridized carbons (Fsp3) is 0.647. The van der Waals surface area contributed by atoms with Gasteiger partial charge in [0, 0.05) is 6.04 Å². The van der Waals surface area contributed by atoms with Crippen molar-refractivity contribution >= 4 is 0 Å². The van der Waals surface area contributed by atoms with Gasteiger partial charge in [0.05, 0.1) is 0 Å². The fourth-order valence-electron chi connectivity index (χ4n) is 3.55. The van der Waals surface area contributed by atoms with Crippen LogP contribution in [0.4, 0.5) is 0 Å². The van der Waals surface area contributed by atoms with E-state index in [1.807, 2.05) is 0 Å². The molecular weight excluding hydrogens is 232 g/mol. The second-order valence-corrected chi connectivity index (χ2v) is 6.36. The molecule has 0 unspecified atom stereocenters. The number of hydrogen-bond donors (Lipinski definition) is 1. The van der Waals surface area contributed by atoms with Gasteiger partial charge >= 0.3 is 0 Å². The zero-order chi connectivity index (χ0) is 13.1. The highest BCUT2D eigenvalue weighted by Gasteiger charge is 2.21. The van der Waals surface area contributed by atoms with E-state index in [9.17, 15) is 0 Å². The monoisotopic (exact) mass is 258 g/mol. The minimum Gasteiger partial charge on any atom is -0.313 e. The largest absolute Gasteiger partial charge is 0.313 e. The summed E-state index contributed by atoms with van der Waals surface area (Å²) in [5, 5.41) is 3.77. The first kappa shape index (κ1) is 13.1. The number of piperidine rings is 1. The minimum atomic E-state index is 0.684. The molecule has 3 rings (SSSR count). The molecule has 0 spiro atoms.